The van der Waals surface area contributed by atoms with E-state index in [2.05, 4.69) is 0 Å². The topological polar surface area (TPSA) is 89.7 Å². The van der Waals surface area contributed by atoms with Crippen molar-refractivity contribution < 1.29 is 19.6 Å². The maximum atomic E-state index is 11.9. The van der Waals surface area contributed by atoms with E-state index in [1.807, 2.05) is 6.07 Å². The Hall–Kier alpha value is -1.95. The van der Waals surface area contributed by atoms with E-state index in [4.69, 9.17) is 4.74 Å². The molecule has 0 unspecified atom stereocenters. The number of aliphatic hydroxyl groups excluding tert-OH is 1. The van der Waals surface area contributed by atoms with Crippen molar-refractivity contribution in [3.05, 3.63) is 46.0 Å². The highest BCUT2D eigenvalue weighted by Crippen LogP contribution is 2.49. The number of cyclic esters (lactones) is 1. The normalized spacial score (nSPS) is 36.2. The predicted octanol–water partition coefficient (Wildman–Crippen LogP) is 1.11. The molecule has 2 fully saturated rings. The summed E-state index contributed by atoms with van der Waals surface area (Å²) in [6, 6.07) is 8.92. The van der Waals surface area contributed by atoms with Crippen molar-refractivity contribution in [3.8, 4) is 0 Å². The zero-order valence-electron chi connectivity index (χ0n) is 10.8. The van der Waals surface area contributed by atoms with Gasteiger partial charge in [-0.25, -0.2) is 0 Å². The van der Waals surface area contributed by atoms with E-state index in [9.17, 15) is 20.0 Å². The number of hydrogen-bond donors (Lipinski definition) is 1. The number of rotatable bonds is 2. The molecule has 1 aliphatic carbocycles. The third-order valence-electron chi connectivity index (χ3n) is 4.52. The lowest BCUT2D eigenvalue weighted by atomic mass is 9.62. The van der Waals surface area contributed by atoms with Gasteiger partial charge in [0.05, 0.1) is 11.8 Å². The fraction of sp³-hybridized carbons (Fsp3) is 0.500. The molecule has 1 heterocycles. The van der Waals surface area contributed by atoms with Gasteiger partial charge < -0.3 is 9.84 Å². The summed E-state index contributed by atoms with van der Waals surface area (Å²) in [5, 5.41) is 21.9. The molecule has 1 aliphatic heterocycles. The Morgan fingerprint density at radius 3 is 2.65 bits per heavy atom. The molecule has 3 rings (SSSR count). The summed E-state index contributed by atoms with van der Waals surface area (Å²) >= 11 is 0. The van der Waals surface area contributed by atoms with E-state index >= 15 is 0 Å². The second-order valence-corrected chi connectivity index (χ2v) is 5.44. The number of aliphatic hydroxyl groups is 1. The van der Waals surface area contributed by atoms with Gasteiger partial charge in [-0.05, 0) is 18.4 Å². The number of benzene rings is 1. The van der Waals surface area contributed by atoms with Crippen molar-refractivity contribution in [1.29, 1.82) is 0 Å². The second-order valence-electron chi connectivity index (χ2n) is 5.44. The molecule has 0 radical (unpaired) electrons. The number of ether oxygens (including phenoxy) is 1. The van der Waals surface area contributed by atoms with E-state index in [1.165, 1.54) is 0 Å². The van der Waals surface area contributed by atoms with Crippen LogP contribution < -0.4 is 0 Å². The van der Waals surface area contributed by atoms with Gasteiger partial charge in [-0.2, -0.15) is 0 Å². The molecule has 0 amide bonds. The minimum absolute atomic E-state index is 0.254. The zero-order valence-corrected chi connectivity index (χ0v) is 10.8. The molecule has 2 aliphatic rings. The maximum Gasteiger partial charge on any atom is 0.310 e. The van der Waals surface area contributed by atoms with Crippen LogP contribution in [-0.4, -0.2) is 34.2 Å². The van der Waals surface area contributed by atoms with Gasteiger partial charge in [0.1, 0.15) is 6.10 Å². The summed E-state index contributed by atoms with van der Waals surface area (Å²) in [4.78, 5) is 23.1. The molecule has 106 valence electrons. The molecule has 6 heteroatoms. The highest BCUT2D eigenvalue weighted by Gasteiger charge is 2.66. The van der Waals surface area contributed by atoms with Crippen LogP contribution in [0.3, 0.4) is 0 Å². The smallest absolute Gasteiger partial charge is 0.310 e. The van der Waals surface area contributed by atoms with Crippen LogP contribution in [0.2, 0.25) is 0 Å². The first kappa shape index (κ1) is 13.1. The average Bonchev–Trinajstić information content (AvgIpc) is 2.45. The Kier molecular flexibility index (Phi) is 2.97. The van der Waals surface area contributed by atoms with E-state index in [1.54, 1.807) is 24.3 Å². The van der Waals surface area contributed by atoms with Crippen molar-refractivity contribution in [2.45, 2.75) is 30.4 Å². The predicted molar refractivity (Wildman–Crippen MR) is 68.6 cm³/mol. The summed E-state index contributed by atoms with van der Waals surface area (Å²) in [5.74, 6) is -1.59. The van der Waals surface area contributed by atoms with Gasteiger partial charge in [-0.1, -0.05) is 30.3 Å². The molecular weight excluding hydrogens is 262 g/mol. The summed E-state index contributed by atoms with van der Waals surface area (Å²) in [6.45, 7) is -0.365. The summed E-state index contributed by atoms with van der Waals surface area (Å²) in [6.07, 6.45) is -0.439. The summed E-state index contributed by atoms with van der Waals surface area (Å²) in [5.41, 5.74) is -0.914. The second kappa shape index (κ2) is 4.56. The van der Waals surface area contributed by atoms with E-state index in [-0.39, 0.29) is 13.0 Å². The molecule has 20 heavy (non-hydrogen) atoms. The van der Waals surface area contributed by atoms with Gasteiger partial charge in [-0.3, -0.25) is 14.9 Å². The number of hydrogen-bond acceptors (Lipinski definition) is 5. The Balaban J connectivity index is 2.15. The van der Waals surface area contributed by atoms with Crippen molar-refractivity contribution in [1.82, 2.24) is 0 Å². The van der Waals surface area contributed by atoms with Crippen molar-refractivity contribution >= 4 is 5.97 Å². The Morgan fingerprint density at radius 2 is 2.00 bits per heavy atom. The Bertz CT molecular complexity index is 546. The minimum atomic E-state index is -1.63. The average molecular weight is 277 g/mol. The van der Waals surface area contributed by atoms with Crippen LogP contribution in [0.25, 0.3) is 0 Å². The van der Waals surface area contributed by atoms with Crippen LogP contribution in [0.5, 0.6) is 0 Å². The van der Waals surface area contributed by atoms with Crippen LogP contribution in [0.1, 0.15) is 24.3 Å². The van der Waals surface area contributed by atoms with Crippen LogP contribution >= 0.6 is 0 Å². The highest BCUT2D eigenvalue weighted by atomic mass is 16.6. The standard InChI is InChI=1S/C14H15NO5/c16-11-7-6-10-12(9-4-2-1-3-5-9)14(11,15(18)19)8-20-13(10)17/h1-5,10-12,16H,6-8H2/t10-,11+,12-,14-/m1/s1. The molecule has 1 aromatic carbocycles. The first-order chi connectivity index (χ1) is 9.57. The van der Waals surface area contributed by atoms with E-state index < -0.39 is 34.4 Å². The minimum Gasteiger partial charge on any atom is -0.458 e. The highest BCUT2D eigenvalue weighted by molar-refractivity contribution is 5.75. The lowest BCUT2D eigenvalue weighted by Gasteiger charge is -2.46. The Labute approximate surface area is 115 Å². The lowest BCUT2D eigenvalue weighted by Crippen LogP contribution is -2.65. The molecule has 1 N–H and O–H groups in total. The number of fused-ring (bicyclic) bond motifs is 2. The molecule has 6 nitrogen and oxygen atoms in total. The van der Waals surface area contributed by atoms with E-state index in [0.29, 0.717) is 12.0 Å². The van der Waals surface area contributed by atoms with Crippen LogP contribution in [-0.2, 0) is 9.53 Å². The van der Waals surface area contributed by atoms with Gasteiger partial charge in [0.2, 0.25) is 0 Å². The van der Waals surface area contributed by atoms with E-state index in [0.717, 1.165) is 0 Å². The molecule has 0 spiro atoms. The quantitative estimate of drug-likeness (QED) is 0.497. The maximum absolute atomic E-state index is 11.9. The zero-order chi connectivity index (χ0) is 14.3. The first-order valence-corrected chi connectivity index (χ1v) is 6.61. The first-order valence-electron chi connectivity index (χ1n) is 6.61. The van der Waals surface area contributed by atoms with Crippen molar-refractivity contribution in [2.75, 3.05) is 6.61 Å². The number of carbonyl (C=O) groups excluding carboxylic acids is 1. The van der Waals surface area contributed by atoms with Crippen molar-refractivity contribution in [2.24, 2.45) is 5.92 Å². The fourth-order valence-corrected chi connectivity index (χ4v) is 3.51. The number of esters is 1. The number of nitro groups is 1. The molecule has 1 aromatic rings. The monoisotopic (exact) mass is 277 g/mol. The summed E-state index contributed by atoms with van der Waals surface area (Å²) < 4.78 is 4.99. The Morgan fingerprint density at radius 1 is 1.30 bits per heavy atom. The van der Waals surface area contributed by atoms with Gasteiger partial charge in [0.25, 0.3) is 5.54 Å². The molecule has 0 aromatic heterocycles. The van der Waals surface area contributed by atoms with Gasteiger partial charge in [0, 0.05) is 4.92 Å². The van der Waals surface area contributed by atoms with Crippen LogP contribution in [0.4, 0.5) is 0 Å². The third kappa shape index (κ3) is 1.64. The molecule has 1 saturated heterocycles. The van der Waals surface area contributed by atoms with Gasteiger partial charge in [0.15, 0.2) is 6.61 Å². The third-order valence-corrected chi connectivity index (χ3v) is 4.52. The number of nitrogens with zero attached hydrogens (tertiary/aromatic N) is 1. The largest absolute Gasteiger partial charge is 0.458 e. The van der Waals surface area contributed by atoms with Crippen LogP contribution in [0.15, 0.2) is 30.3 Å². The molecular formula is C14H15NO5. The SMILES string of the molecule is O=C1OC[C@]2([N+](=O)[O-])[C@H](c3ccccc3)[C@H]1CC[C@@H]2O. The lowest BCUT2D eigenvalue weighted by molar-refractivity contribution is -0.599. The van der Waals surface area contributed by atoms with Crippen molar-refractivity contribution in [3.63, 3.8) is 0 Å². The summed E-state index contributed by atoms with van der Waals surface area (Å²) in [7, 11) is 0. The number of carbonyl (C=O) groups is 1. The van der Waals surface area contributed by atoms with Gasteiger partial charge >= 0.3 is 5.97 Å². The molecule has 2 bridgehead atoms. The molecule has 1 saturated carbocycles. The van der Waals surface area contributed by atoms with Crippen LogP contribution in [0, 0.1) is 16.0 Å². The fourth-order valence-electron chi connectivity index (χ4n) is 3.51. The molecule has 4 atom stereocenters. The van der Waals surface area contributed by atoms with Gasteiger partial charge in [-0.15, -0.1) is 0 Å².